The number of aromatic nitrogens is 2. The van der Waals surface area contributed by atoms with Crippen molar-refractivity contribution in [1.29, 1.82) is 0 Å². The van der Waals surface area contributed by atoms with Gasteiger partial charge in [0.1, 0.15) is 0 Å². The summed E-state index contributed by atoms with van der Waals surface area (Å²) in [6.07, 6.45) is 7.77. The van der Waals surface area contributed by atoms with E-state index in [-0.39, 0.29) is 0 Å². The third-order valence-electron chi connectivity index (χ3n) is 2.09. The second-order valence-electron chi connectivity index (χ2n) is 3.34. The summed E-state index contributed by atoms with van der Waals surface area (Å²) in [5.74, 6) is 0. The molecule has 0 fully saturated rings. The Morgan fingerprint density at radius 3 is 2.93 bits per heavy atom. The topological polar surface area (TPSA) is 29.9 Å². The van der Waals surface area contributed by atoms with Gasteiger partial charge in [-0.15, -0.1) is 0 Å². The van der Waals surface area contributed by atoms with Crippen LogP contribution in [0, 0.1) is 3.57 Å². The molecule has 0 saturated heterocycles. The lowest BCUT2D eigenvalue weighted by atomic mass is 10.2. The third kappa shape index (κ3) is 4.95. The molecule has 0 unspecified atom stereocenters. The quantitative estimate of drug-likeness (QED) is 0.619. The molecule has 14 heavy (non-hydrogen) atoms. The summed E-state index contributed by atoms with van der Waals surface area (Å²) in [7, 11) is 0. The van der Waals surface area contributed by atoms with E-state index in [1.807, 2.05) is 10.9 Å². The molecule has 0 atom stereocenters. The van der Waals surface area contributed by atoms with Crippen LogP contribution in [-0.4, -0.2) is 22.9 Å². The molecule has 3 nitrogen and oxygen atoms in total. The Bertz CT molecular complexity index is 247. The molecule has 1 rings (SSSR count). The number of rotatable bonds is 7. The Labute approximate surface area is 99.4 Å². The maximum absolute atomic E-state index is 4.24. The first-order valence-corrected chi connectivity index (χ1v) is 6.29. The highest BCUT2D eigenvalue weighted by atomic mass is 127. The summed E-state index contributed by atoms with van der Waals surface area (Å²) in [4.78, 5) is 0. The van der Waals surface area contributed by atoms with E-state index in [0.717, 1.165) is 19.6 Å². The number of unbranched alkanes of at least 4 members (excludes halogenated alkanes) is 2. The minimum atomic E-state index is 1.05. The molecule has 0 bridgehead atoms. The highest BCUT2D eigenvalue weighted by Gasteiger charge is 1.94. The number of nitrogens with one attached hydrogen (secondary N) is 1. The molecule has 0 amide bonds. The van der Waals surface area contributed by atoms with Crippen molar-refractivity contribution in [3.05, 3.63) is 16.0 Å². The van der Waals surface area contributed by atoms with E-state index >= 15 is 0 Å². The standard InChI is InChI=1S/C10H18IN3/c1-2-12-6-4-3-5-7-14-9-10(11)8-13-14/h8-9,12H,2-7H2,1H3. The van der Waals surface area contributed by atoms with Gasteiger partial charge in [-0.05, 0) is 48.5 Å². The van der Waals surface area contributed by atoms with Crippen molar-refractivity contribution in [2.75, 3.05) is 13.1 Å². The summed E-state index contributed by atoms with van der Waals surface area (Å²) in [5, 5.41) is 7.57. The van der Waals surface area contributed by atoms with Gasteiger partial charge < -0.3 is 5.32 Å². The smallest absolute Gasteiger partial charge is 0.0623 e. The van der Waals surface area contributed by atoms with Crippen LogP contribution in [0.3, 0.4) is 0 Å². The zero-order valence-electron chi connectivity index (χ0n) is 8.67. The average Bonchev–Trinajstić information content (AvgIpc) is 2.58. The Balaban J connectivity index is 1.99. The van der Waals surface area contributed by atoms with Crippen LogP contribution in [0.2, 0.25) is 0 Å². The number of hydrogen-bond acceptors (Lipinski definition) is 2. The summed E-state index contributed by atoms with van der Waals surface area (Å²) >= 11 is 2.29. The summed E-state index contributed by atoms with van der Waals surface area (Å²) < 4.78 is 3.24. The Hall–Kier alpha value is -0.100. The number of hydrogen-bond donors (Lipinski definition) is 1. The van der Waals surface area contributed by atoms with Crippen LogP contribution in [0.1, 0.15) is 26.2 Å². The van der Waals surface area contributed by atoms with E-state index in [2.05, 4.69) is 46.1 Å². The van der Waals surface area contributed by atoms with Crippen molar-refractivity contribution in [1.82, 2.24) is 15.1 Å². The first-order chi connectivity index (χ1) is 6.83. The van der Waals surface area contributed by atoms with Gasteiger partial charge in [0, 0.05) is 12.7 Å². The number of aryl methyl sites for hydroxylation is 1. The Kier molecular flexibility index (Phi) is 6.18. The molecule has 0 aliphatic rings. The fraction of sp³-hybridized carbons (Fsp3) is 0.700. The summed E-state index contributed by atoms with van der Waals surface area (Å²) in [6, 6.07) is 0. The molecule has 1 heterocycles. The van der Waals surface area contributed by atoms with Crippen molar-refractivity contribution in [2.24, 2.45) is 0 Å². The molecule has 0 spiro atoms. The van der Waals surface area contributed by atoms with E-state index in [1.165, 1.54) is 22.8 Å². The lowest BCUT2D eigenvalue weighted by Crippen LogP contribution is -2.13. The van der Waals surface area contributed by atoms with Crippen molar-refractivity contribution in [3.8, 4) is 0 Å². The van der Waals surface area contributed by atoms with Crippen LogP contribution in [0.5, 0.6) is 0 Å². The van der Waals surface area contributed by atoms with E-state index in [9.17, 15) is 0 Å². The third-order valence-corrected chi connectivity index (χ3v) is 2.65. The highest BCUT2D eigenvalue weighted by molar-refractivity contribution is 14.1. The van der Waals surface area contributed by atoms with Crippen LogP contribution >= 0.6 is 22.6 Å². The molecule has 0 saturated carbocycles. The second kappa shape index (κ2) is 7.23. The van der Waals surface area contributed by atoms with Crippen molar-refractivity contribution in [3.63, 3.8) is 0 Å². The zero-order chi connectivity index (χ0) is 10.2. The second-order valence-corrected chi connectivity index (χ2v) is 4.58. The van der Waals surface area contributed by atoms with E-state index in [0.29, 0.717) is 0 Å². The molecular weight excluding hydrogens is 289 g/mol. The molecule has 1 aromatic heterocycles. The molecule has 0 radical (unpaired) electrons. The molecule has 0 aliphatic heterocycles. The average molecular weight is 307 g/mol. The zero-order valence-corrected chi connectivity index (χ0v) is 10.8. The minimum Gasteiger partial charge on any atom is -0.317 e. The first kappa shape index (κ1) is 12.0. The molecule has 0 aromatic carbocycles. The van der Waals surface area contributed by atoms with Crippen LogP contribution in [-0.2, 0) is 6.54 Å². The van der Waals surface area contributed by atoms with Crippen molar-refractivity contribution < 1.29 is 0 Å². The monoisotopic (exact) mass is 307 g/mol. The van der Waals surface area contributed by atoms with Gasteiger partial charge >= 0.3 is 0 Å². The molecule has 0 aliphatic carbocycles. The predicted octanol–water partition coefficient (Wildman–Crippen LogP) is 2.27. The van der Waals surface area contributed by atoms with Gasteiger partial charge in [-0.25, -0.2) is 0 Å². The summed E-state index contributed by atoms with van der Waals surface area (Å²) in [5.41, 5.74) is 0. The van der Waals surface area contributed by atoms with Crippen LogP contribution in [0.25, 0.3) is 0 Å². The molecule has 4 heteroatoms. The lowest BCUT2D eigenvalue weighted by molar-refractivity contribution is 0.532. The highest BCUT2D eigenvalue weighted by Crippen LogP contribution is 2.03. The van der Waals surface area contributed by atoms with Gasteiger partial charge in [0.15, 0.2) is 0 Å². The normalized spacial score (nSPS) is 10.7. The summed E-state index contributed by atoms with van der Waals surface area (Å²) in [6.45, 7) is 5.42. The fourth-order valence-corrected chi connectivity index (χ4v) is 1.78. The van der Waals surface area contributed by atoms with Crippen LogP contribution in [0.4, 0.5) is 0 Å². The fourth-order valence-electron chi connectivity index (χ4n) is 1.34. The molecular formula is C10H18IN3. The van der Waals surface area contributed by atoms with Gasteiger partial charge in [-0.1, -0.05) is 13.3 Å². The number of nitrogens with zero attached hydrogens (tertiary/aromatic N) is 2. The van der Waals surface area contributed by atoms with E-state index in [1.54, 1.807) is 0 Å². The minimum absolute atomic E-state index is 1.05. The largest absolute Gasteiger partial charge is 0.317 e. The SMILES string of the molecule is CCNCCCCCn1cc(I)cn1. The number of halogens is 1. The first-order valence-electron chi connectivity index (χ1n) is 5.21. The van der Waals surface area contributed by atoms with Gasteiger partial charge in [0.2, 0.25) is 0 Å². The van der Waals surface area contributed by atoms with E-state index in [4.69, 9.17) is 0 Å². The maximum atomic E-state index is 4.24. The van der Waals surface area contributed by atoms with Gasteiger partial charge in [0.25, 0.3) is 0 Å². The van der Waals surface area contributed by atoms with Gasteiger partial charge in [0.05, 0.1) is 9.77 Å². The van der Waals surface area contributed by atoms with Crippen LogP contribution in [0.15, 0.2) is 12.4 Å². The van der Waals surface area contributed by atoms with E-state index < -0.39 is 0 Å². The van der Waals surface area contributed by atoms with Gasteiger partial charge in [-0.3, -0.25) is 4.68 Å². The van der Waals surface area contributed by atoms with Gasteiger partial charge in [-0.2, -0.15) is 5.10 Å². The lowest BCUT2D eigenvalue weighted by Gasteiger charge is -2.02. The maximum Gasteiger partial charge on any atom is 0.0623 e. The molecule has 1 aromatic rings. The predicted molar refractivity (Wildman–Crippen MR) is 67.3 cm³/mol. The molecule has 80 valence electrons. The van der Waals surface area contributed by atoms with Crippen LogP contribution < -0.4 is 5.32 Å². The van der Waals surface area contributed by atoms with Crippen molar-refractivity contribution in [2.45, 2.75) is 32.7 Å². The Morgan fingerprint density at radius 2 is 2.29 bits per heavy atom. The Morgan fingerprint density at radius 1 is 1.43 bits per heavy atom. The van der Waals surface area contributed by atoms with Crippen molar-refractivity contribution >= 4 is 22.6 Å². The molecule has 1 N–H and O–H groups in total.